The molecule has 1 aliphatic carbocycles. The second-order valence-electron chi connectivity index (χ2n) is 6.01. The third-order valence-electron chi connectivity index (χ3n) is 4.52. The monoisotopic (exact) mass is 275 g/mol. The van der Waals surface area contributed by atoms with Crippen LogP contribution in [0, 0.1) is 11.7 Å². The van der Waals surface area contributed by atoms with Crippen molar-refractivity contribution in [3.05, 3.63) is 23.9 Å². The van der Waals surface area contributed by atoms with Gasteiger partial charge in [0.25, 0.3) is 0 Å². The van der Waals surface area contributed by atoms with E-state index in [0.717, 1.165) is 11.7 Å². The number of unbranched alkanes of at least 4 members (excludes halogenated alkanes) is 1. The first-order valence-corrected chi connectivity index (χ1v) is 7.77. The molecule has 1 aliphatic rings. The number of imidazole rings is 1. The zero-order valence-electron chi connectivity index (χ0n) is 12.0. The lowest BCUT2D eigenvalue weighted by atomic mass is 9.79. The van der Waals surface area contributed by atoms with Crippen molar-refractivity contribution >= 4 is 11.2 Å². The first-order chi connectivity index (χ1) is 9.76. The van der Waals surface area contributed by atoms with Crippen LogP contribution in [-0.4, -0.2) is 15.0 Å². The summed E-state index contributed by atoms with van der Waals surface area (Å²) in [7, 11) is 0. The van der Waals surface area contributed by atoms with Crippen molar-refractivity contribution in [3.63, 3.8) is 0 Å². The van der Waals surface area contributed by atoms with Crippen LogP contribution in [0.25, 0.3) is 11.2 Å². The predicted octanol–water partition coefficient (Wildman–Crippen LogP) is 4.56. The molecule has 3 rings (SSSR count). The lowest BCUT2D eigenvalue weighted by Gasteiger charge is -2.27. The van der Waals surface area contributed by atoms with Gasteiger partial charge in [-0.1, -0.05) is 26.2 Å². The molecule has 0 spiro atoms. The Labute approximate surface area is 119 Å². The summed E-state index contributed by atoms with van der Waals surface area (Å²) in [6.07, 6.45) is 10.2. The van der Waals surface area contributed by atoms with E-state index < -0.39 is 0 Å². The van der Waals surface area contributed by atoms with Gasteiger partial charge >= 0.3 is 0 Å². The van der Waals surface area contributed by atoms with E-state index in [4.69, 9.17) is 0 Å². The molecule has 1 N–H and O–H groups in total. The molecule has 108 valence electrons. The highest BCUT2D eigenvalue weighted by Gasteiger charge is 2.24. The number of hydrogen-bond donors (Lipinski definition) is 1. The SMILES string of the molecule is CCCCC1CCC(c2nc3ncc(F)cc3[nH]2)CC1. The highest BCUT2D eigenvalue weighted by molar-refractivity contribution is 5.70. The lowest BCUT2D eigenvalue weighted by Crippen LogP contribution is -2.14. The number of hydrogen-bond acceptors (Lipinski definition) is 2. The van der Waals surface area contributed by atoms with Crippen LogP contribution in [0.4, 0.5) is 4.39 Å². The largest absolute Gasteiger partial charge is 0.340 e. The van der Waals surface area contributed by atoms with E-state index in [2.05, 4.69) is 21.9 Å². The van der Waals surface area contributed by atoms with Crippen molar-refractivity contribution in [1.82, 2.24) is 15.0 Å². The van der Waals surface area contributed by atoms with Gasteiger partial charge in [0.15, 0.2) is 5.65 Å². The molecular weight excluding hydrogens is 253 g/mol. The van der Waals surface area contributed by atoms with Crippen LogP contribution in [-0.2, 0) is 0 Å². The maximum absolute atomic E-state index is 13.1. The maximum atomic E-state index is 13.1. The Kier molecular flexibility index (Phi) is 3.99. The van der Waals surface area contributed by atoms with Gasteiger partial charge in [0.05, 0.1) is 11.7 Å². The second kappa shape index (κ2) is 5.90. The van der Waals surface area contributed by atoms with E-state index in [0.29, 0.717) is 17.1 Å². The van der Waals surface area contributed by atoms with Crippen LogP contribution in [0.1, 0.15) is 63.6 Å². The summed E-state index contributed by atoms with van der Waals surface area (Å²) in [5.41, 5.74) is 1.35. The fourth-order valence-electron chi connectivity index (χ4n) is 3.30. The molecule has 4 heteroatoms. The standard InChI is InChI=1S/C16H22FN3/c1-2-3-4-11-5-7-12(8-6-11)15-19-14-9-13(17)10-18-16(14)20-15/h9-12H,2-8H2,1H3,(H,18,19,20). The molecule has 0 aromatic carbocycles. The topological polar surface area (TPSA) is 41.6 Å². The van der Waals surface area contributed by atoms with Gasteiger partial charge in [-0.05, 0) is 31.6 Å². The van der Waals surface area contributed by atoms with Gasteiger partial charge < -0.3 is 4.98 Å². The number of halogens is 1. The lowest BCUT2D eigenvalue weighted by molar-refractivity contribution is 0.299. The molecule has 1 fully saturated rings. The highest BCUT2D eigenvalue weighted by atomic mass is 19.1. The van der Waals surface area contributed by atoms with Crippen LogP contribution in [0.3, 0.4) is 0 Å². The van der Waals surface area contributed by atoms with Crippen molar-refractivity contribution in [2.24, 2.45) is 5.92 Å². The highest BCUT2D eigenvalue weighted by Crippen LogP contribution is 2.37. The average Bonchev–Trinajstić information content (AvgIpc) is 2.88. The van der Waals surface area contributed by atoms with Crippen LogP contribution in [0.15, 0.2) is 12.3 Å². The Hall–Kier alpha value is -1.45. The Balaban J connectivity index is 1.67. The van der Waals surface area contributed by atoms with Crippen molar-refractivity contribution in [1.29, 1.82) is 0 Å². The summed E-state index contributed by atoms with van der Waals surface area (Å²) in [5, 5.41) is 0. The molecule has 20 heavy (non-hydrogen) atoms. The molecule has 3 nitrogen and oxygen atoms in total. The Morgan fingerprint density at radius 2 is 2.10 bits per heavy atom. The van der Waals surface area contributed by atoms with E-state index in [-0.39, 0.29) is 5.82 Å². The van der Waals surface area contributed by atoms with Gasteiger partial charge in [0.2, 0.25) is 0 Å². The molecule has 2 aromatic rings. The summed E-state index contributed by atoms with van der Waals surface area (Å²) >= 11 is 0. The predicted molar refractivity (Wildman–Crippen MR) is 78.1 cm³/mol. The molecule has 0 unspecified atom stereocenters. The minimum absolute atomic E-state index is 0.309. The Morgan fingerprint density at radius 1 is 1.30 bits per heavy atom. The normalized spacial score (nSPS) is 23.3. The Morgan fingerprint density at radius 3 is 2.85 bits per heavy atom. The number of rotatable bonds is 4. The summed E-state index contributed by atoms with van der Waals surface area (Å²) in [4.78, 5) is 11.8. The zero-order valence-corrected chi connectivity index (χ0v) is 12.0. The number of fused-ring (bicyclic) bond motifs is 1. The number of nitrogens with zero attached hydrogens (tertiary/aromatic N) is 2. The van der Waals surface area contributed by atoms with E-state index in [1.54, 1.807) is 0 Å². The minimum atomic E-state index is -0.309. The van der Waals surface area contributed by atoms with E-state index in [1.807, 2.05) is 0 Å². The number of nitrogens with one attached hydrogen (secondary N) is 1. The van der Waals surface area contributed by atoms with E-state index in [9.17, 15) is 4.39 Å². The van der Waals surface area contributed by atoms with Gasteiger partial charge in [0, 0.05) is 12.0 Å². The second-order valence-corrected chi connectivity index (χ2v) is 6.01. The number of aromatic amines is 1. The molecule has 0 bridgehead atoms. The summed E-state index contributed by atoms with van der Waals surface area (Å²) in [6.45, 7) is 2.26. The summed E-state index contributed by atoms with van der Waals surface area (Å²) < 4.78 is 13.1. The van der Waals surface area contributed by atoms with Crippen LogP contribution < -0.4 is 0 Å². The Bertz CT molecular complexity index is 570. The van der Waals surface area contributed by atoms with Gasteiger partial charge in [-0.15, -0.1) is 0 Å². The fourth-order valence-corrected chi connectivity index (χ4v) is 3.30. The van der Waals surface area contributed by atoms with Gasteiger partial charge in [0.1, 0.15) is 11.6 Å². The minimum Gasteiger partial charge on any atom is -0.340 e. The van der Waals surface area contributed by atoms with Gasteiger partial charge in [-0.25, -0.2) is 14.4 Å². The van der Waals surface area contributed by atoms with Crippen LogP contribution >= 0.6 is 0 Å². The van der Waals surface area contributed by atoms with Crippen molar-refractivity contribution in [3.8, 4) is 0 Å². The first-order valence-electron chi connectivity index (χ1n) is 7.77. The number of aromatic nitrogens is 3. The molecule has 0 radical (unpaired) electrons. The van der Waals surface area contributed by atoms with Crippen LogP contribution in [0.2, 0.25) is 0 Å². The molecule has 0 aliphatic heterocycles. The van der Waals surface area contributed by atoms with Crippen molar-refractivity contribution in [2.75, 3.05) is 0 Å². The maximum Gasteiger partial charge on any atom is 0.177 e. The summed E-state index contributed by atoms with van der Waals surface area (Å²) in [5.74, 6) is 2.07. The molecular formula is C16H22FN3. The molecule has 0 amide bonds. The van der Waals surface area contributed by atoms with Gasteiger partial charge in [-0.2, -0.15) is 0 Å². The molecule has 0 atom stereocenters. The summed E-state index contributed by atoms with van der Waals surface area (Å²) in [6, 6.07) is 1.48. The number of H-pyrrole nitrogens is 1. The zero-order chi connectivity index (χ0) is 13.9. The quantitative estimate of drug-likeness (QED) is 0.888. The third kappa shape index (κ3) is 2.84. The molecule has 2 aromatic heterocycles. The number of pyridine rings is 1. The molecule has 2 heterocycles. The third-order valence-corrected chi connectivity index (χ3v) is 4.52. The molecule has 0 saturated heterocycles. The molecule has 1 saturated carbocycles. The first kappa shape index (κ1) is 13.5. The van der Waals surface area contributed by atoms with Gasteiger partial charge in [-0.3, -0.25) is 0 Å². The fraction of sp³-hybridized carbons (Fsp3) is 0.625. The van der Waals surface area contributed by atoms with Crippen molar-refractivity contribution < 1.29 is 4.39 Å². The van der Waals surface area contributed by atoms with Crippen molar-refractivity contribution in [2.45, 2.75) is 57.8 Å². The van der Waals surface area contributed by atoms with E-state index >= 15 is 0 Å². The average molecular weight is 275 g/mol. The van der Waals surface area contributed by atoms with E-state index in [1.165, 1.54) is 57.2 Å². The smallest absolute Gasteiger partial charge is 0.177 e. The van der Waals surface area contributed by atoms with Crippen LogP contribution in [0.5, 0.6) is 0 Å².